The SMILES string of the molecule is CN(C(=O)C(C)(C)CN)c1ccc(Br)s1. The Bertz CT molecular complexity index is 362. The zero-order valence-electron chi connectivity index (χ0n) is 9.08. The summed E-state index contributed by atoms with van der Waals surface area (Å²) in [6.45, 7) is 4.06. The van der Waals surface area contributed by atoms with Crippen molar-refractivity contribution in [2.75, 3.05) is 18.5 Å². The molecule has 0 saturated heterocycles. The molecule has 0 bridgehead atoms. The summed E-state index contributed by atoms with van der Waals surface area (Å²) < 4.78 is 1.02. The quantitative estimate of drug-likeness (QED) is 0.930. The van der Waals surface area contributed by atoms with E-state index in [2.05, 4.69) is 15.9 Å². The summed E-state index contributed by atoms with van der Waals surface area (Å²) in [5.41, 5.74) is 5.07. The zero-order valence-corrected chi connectivity index (χ0v) is 11.5. The molecule has 1 aromatic heterocycles. The van der Waals surface area contributed by atoms with Crippen LogP contribution in [0.15, 0.2) is 15.9 Å². The van der Waals surface area contributed by atoms with Crippen LogP contribution in [-0.2, 0) is 4.79 Å². The highest BCUT2D eigenvalue weighted by Gasteiger charge is 2.29. The minimum atomic E-state index is -0.509. The summed E-state index contributed by atoms with van der Waals surface area (Å²) in [7, 11) is 1.78. The molecule has 0 atom stereocenters. The number of halogens is 1. The van der Waals surface area contributed by atoms with Gasteiger partial charge in [-0.2, -0.15) is 0 Å². The second kappa shape index (κ2) is 4.63. The highest BCUT2D eigenvalue weighted by molar-refractivity contribution is 9.11. The van der Waals surface area contributed by atoms with Crippen LogP contribution in [0, 0.1) is 5.41 Å². The first kappa shape index (κ1) is 12.7. The number of amides is 1. The van der Waals surface area contributed by atoms with Gasteiger partial charge in [-0.1, -0.05) is 0 Å². The highest BCUT2D eigenvalue weighted by atomic mass is 79.9. The molecule has 0 spiro atoms. The van der Waals surface area contributed by atoms with Gasteiger partial charge in [0, 0.05) is 13.6 Å². The molecule has 5 heteroatoms. The normalized spacial score (nSPS) is 11.5. The van der Waals surface area contributed by atoms with Crippen molar-refractivity contribution in [1.29, 1.82) is 0 Å². The summed E-state index contributed by atoms with van der Waals surface area (Å²) >= 11 is 4.90. The second-order valence-corrected chi connectivity index (χ2v) is 6.47. The molecular weight excluding hydrogens is 276 g/mol. The van der Waals surface area contributed by atoms with Crippen molar-refractivity contribution in [3.05, 3.63) is 15.9 Å². The highest BCUT2D eigenvalue weighted by Crippen LogP contribution is 2.31. The third-order valence-electron chi connectivity index (χ3n) is 2.28. The maximum absolute atomic E-state index is 12.0. The average molecular weight is 291 g/mol. The molecule has 0 radical (unpaired) electrons. The number of carbonyl (C=O) groups is 1. The van der Waals surface area contributed by atoms with E-state index in [4.69, 9.17) is 5.73 Å². The van der Waals surface area contributed by atoms with Crippen molar-refractivity contribution in [3.8, 4) is 0 Å². The lowest BCUT2D eigenvalue weighted by Gasteiger charge is -2.27. The molecule has 1 amide bonds. The number of thiophene rings is 1. The summed E-state index contributed by atoms with van der Waals surface area (Å²) in [4.78, 5) is 13.7. The summed E-state index contributed by atoms with van der Waals surface area (Å²) in [5, 5.41) is 0.924. The molecule has 15 heavy (non-hydrogen) atoms. The van der Waals surface area contributed by atoms with Crippen LogP contribution in [-0.4, -0.2) is 19.5 Å². The van der Waals surface area contributed by atoms with Crippen molar-refractivity contribution in [1.82, 2.24) is 0 Å². The molecular formula is C10H15BrN2OS. The van der Waals surface area contributed by atoms with Crippen molar-refractivity contribution in [2.45, 2.75) is 13.8 Å². The Kier molecular flexibility index (Phi) is 3.92. The van der Waals surface area contributed by atoms with Gasteiger partial charge in [-0.15, -0.1) is 11.3 Å². The van der Waals surface area contributed by atoms with Crippen LogP contribution >= 0.6 is 27.3 Å². The van der Waals surface area contributed by atoms with Gasteiger partial charge in [0.2, 0.25) is 5.91 Å². The molecule has 0 aliphatic heterocycles. The van der Waals surface area contributed by atoms with Gasteiger partial charge < -0.3 is 10.6 Å². The van der Waals surface area contributed by atoms with Crippen LogP contribution in [0.3, 0.4) is 0 Å². The van der Waals surface area contributed by atoms with Gasteiger partial charge in [0.25, 0.3) is 0 Å². The predicted molar refractivity (Wildman–Crippen MR) is 68.3 cm³/mol. The number of hydrogen-bond donors (Lipinski definition) is 1. The minimum Gasteiger partial charge on any atom is -0.329 e. The molecule has 1 rings (SSSR count). The number of nitrogens with two attached hydrogens (primary N) is 1. The number of anilines is 1. The Morgan fingerprint density at radius 3 is 2.60 bits per heavy atom. The third-order valence-corrected chi connectivity index (χ3v) is 3.98. The fourth-order valence-electron chi connectivity index (χ4n) is 1.13. The van der Waals surface area contributed by atoms with Crippen LogP contribution in [0.2, 0.25) is 0 Å². The standard InChI is InChI=1S/C10H15BrN2OS/c1-10(2,6-12)9(14)13(3)8-5-4-7(11)15-8/h4-5H,6,12H2,1-3H3. The predicted octanol–water partition coefficient (Wildman–Crippen LogP) is 2.46. The lowest BCUT2D eigenvalue weighted by Crippen LogP contribution is -2.42. The van der Waals surface area contributed by atoms with Crippen LogP contribution < -0.4 is 10.6 Å². The van der Waals surface area contributed by atoms with Crippen LogP contribution in [0.1, 0.15) is 13.8 Å². The van der Waals surface area contributed by atoms with Crippen LogP contribution in [0.4, 0.5) is 5.00 Å². The maximum Gasteiger partial charge on any atom is 0.234 e. The van der Waals surface area contributed by atoms with Crippen molar-refractivity contribution in [2.24, 2.45) is 11.1 Å². The third kappa shape index (κ3) is 2.80. The van der Waals surface area contributed by atoms with Crippen LogP contribution in [0.25, 0.3) is 0 Å². The van der Waals surface area contributed by atoms with Gasteiger partial charge in [0.15, 0.2) is 0 Å². The van der Waals surface area contributed by atoms with Crippen molar-refractivity contribution < 1.29 is 4.79 Å². The zero-order chi connectivity index (χ0) is 11.6. The van der Waals surface area contributed by atoms with Crippen molar-refractivity contribution >= 4 is 38.2 Å². The second-order valence-electron chi connectivity index (χ2n) is 4.03. The molecule has 0 aromatic carbocycles. The number of rotatable bonds is 3. The Labute approximate surface area is 102 Å². The number of carbonyl (C=O) groups excluding carboxylic acids is 1. The fraction of sp³-hybridized carbons (Fsp3) is 0.500. The molecule has 3 nitrogen and oxygen atoms in total. The van der Waals surface area contributed by atoms with Gasteiger partial charge in [-0.05, 0) is 41.9 Å². The number of hydrogen-bond acceptors (Lipinski definition) is 3. The Morgan fingerprint density at radius 1 is 1.60 bits per heavy atom. The summed E-state index contributed by atoms with van der Waals surface area (Å²) in [6.07, 6.45) is 0. The van der Waals surface area contributed by atoms with E-state index in [0.717, 1.165) is 8.79 Å². The van der Waals surface area contributed by atoms with E-state index >= 15 is 0 Å². The first-order chi connectivity index (χ1) is 6.88. The van der Waals surface area contributed by atoms with Gasteiger partial charge in [0.05, 0.1) is 14.2 Å². The molecule has 0 aliphatic carbocycles. The molecule has 0 fully saturated rings. The average Bonchev–Trinajstić information content (AvgIpc) is 2.62. The summed E-state index contributed by atoms with van der Waals surface area (Å²) in [6, 6.07) is 3.85. The minimum absolute atomic E-state index is 0.0411. The van der Waals surface area contributed by atoms with Gasteiger partial charge in [0.1, 0.15) is 0 Å². The molecule has 1 heterocycles. The van der Waals surface area contributed by atoms with E-state index in [-0.39, 0.29) is 5.91 Å². The van der Waals surface area contributed by atoms with Gasteiger partial charge in [-0.3, -0.25) is 4.79 Å². The van der Waals surface area contributed by atoms with E-state index in [1.165, 1.54) is 11.3 Å². The molecule has 0 aliphatic rings. The Morgan fingerprint density at radius 2 is 2.20 bits per heavy atom. The number of nitrogens with zero attached hydrogens (tertiary/aromatic N) is 1. The first-order valence-corrected chi connectivity index (χ1v) is 6.23. The molecule has 0 saturated carbocycles. The fourth-order valence-corrected chi connectivity index (χ4v) is 2.45. The van der Waals surface area contributed by atoms with E-state index in [1.807, 2.05) is 26.0 Å². The van der Waals surface area contributed by atoms with E-state index in [0.29, 0.717) is 6.54 Å². The molecule has 84 valence electrons. The maximum atomic E-state index is 12.0. The Hall–Kier alpha value is -0.390. The van der Waals surface area contributed by atoms with Crippen molar-refractivity contribution in [3.63, 3.8) is 0 Å². The largest absolute Gasteiger partial charge is 0.329 e. The molecule has 2 N–H and O–H groups in total. The molecule has 1 aromatic rings. The summed E-state index contributed by atoms with van der Waals surface area (Å²) in [5.74, 6) is 0.0411. The monoisotopic (exact) mass is 290 g/mol. The lowest BCUT2D eigenvalue weighted by molar-refractivity contribution is -0.125. The lowest BCUT2D eigenvalue weighted by atomic mass is 9.92. The first-order valence-electron chi connectivity index (χ1n) is 4.62. The van der Waals surface area contributed by atoms with E-state index in [9.17, 15) is 4.79 Å². The van der Waals surface area contributed by atoms with E-state index < -0.39 is 5.41 Å². The smallest absolute Gasteiger partial charge is 0.234 e. The molecule has 0 unspecified atom stereocenters. The Balaban J connectivity index is 2.86. The topological polar surface area (TPSA) is 46.3 Å². The van der Waals surface area contributed by atoms with Gasteiger partial charge in [-0.25, -0.2) is 0 Å². The van der Waals surface area contributed by atoms with Gasteiger partial charge >= 0.3 is 0 Å². The van der Waals surface area contributed by atoms with Crippen LogP contribution in [0.5, 0.6) is 0 Å². The van der Waals surface area contributed by atoms with E-state index in [1.54, 1.807) is 11.9 Å².